The Hall–Kier alpha value is -1.21. The Bertz CT molecular complexity index is 515. The summed E-state index contributed by atoms with van der Waals surface area (Å²) >= 11 is 0.837. The molecule has 0 atom stereocenters. The van der Waals surface area contributed by atoms with Crippen molar-refractivity contribution in [1.29, 1.82) is 0 Å². The number of esters is 1. The van der Waals surface area contributed by atoms with Crippen molar-refractivity contribution in [2.24, 2.45) is 0 Å². The molecule has 21 heavy (non-hydrogen) atoms. The predicted molar refractivity (Wildman–Crippen MR) is 74.0 cm³/mol. The second-order valence-electron chi connectivity index (χ2n) is 4.85. The van der Waals surface area contributed by atoms with E-state index in [0.717, 1.165) is 30.7 Å². The van der Waals surface area contributed by atoms with Crippen LogP contribution in [-0.2, 0) is 22.3 Å². The Labute approximate surface area is 125 Å². The van der Waals surface area contributed by atoms with Gasteiger partial charge in [-0.1, -0.05) is 6.07 Å². The average molecular weight is 319 g/mol. The highest BCUT2D eigenvalue weighted by Gasteiger charge is 2.34. The smallest absolute Gasteiger partial charge is 0.417 e. The van der Waals surface area contributed by atoms with Crippen LogP contribution in [0.15, 0.2) is 23.1 Å². The van der Waals surface area contributed by atoms with Gasteiger partial charge in [0.05, 0.1) is 18.4 Å². The van der Waals surface area contributed by atoms with E-state index in [2.05, 4.69) is 10.1 Å². The topological polar surface area (TPSA) is 38.3 Å². The summed E-state index contributed by atoms with van der Waals surface area (Å²) < 4.78 is 43.7. The summed E-state index contributed by atoms with van der Waals surface area (Å²) in [5.41, 5.74) is -0.108. The molecule has 0 amide bonds. The Balaban J connectivity index is 2.12. The van der Waals surface area contributed by atoms with E-state index in [1.807, 2.05) is 0 Å². The summed E-state index contributed by atoms with van der Waals surface area (Å²) in [7, 11) is 1.21. The third-order valence-electron chi connectivity index (χ3n) is 3.09. The maximum Gasteiger partial charge on any atom is 0.417 e. The highest BCUT2D eigenvalue weighted by molar-refractivity contribution is 8.00. The maximum absolute atomic E-state index is 13.1. The van der Waals surface area contributed by atoms with Gasteiger partial charge >= 0.3 is 12.1 Å². The molecule has 0 heterocycles. The van der Waals surface area contributed by atoms with Crippen LogP contribution in [0.5, 0.6) is 0 Å². The molecule has 0 spiro atoms. The van der Waals surface area contributed by atoms with Crippen LogP contribution < -0.4 is 5.32 Å². The summed E-state index contributed by atoms with van der Waals surface area (Å²) in [4.78, 5) is 11.1. The number of ether oxygens (including phenoxy) is 1. The van der Waals surface area contributed by atoms with Crippen LogP contribution >= 0.6 is 11.8 Å². The van der Waals surface area contributed by atoms with Crippen molar-refractivity contribution >= 4 is 17.7 Å². The molecule has 0 bridgehead atoms. The molecule has 1 fully saturated rings. The number of nitrogens with one attached hydrogen (secondary N) is 1. The molecule has 0 aromatic heterocycles. The number of thioether (sulfide) groups is 1. The third kappa shape index (κ3) is 4.93. The third-order valence-corrected chi connectivity index (χ3v) is 4.14. The van der Waals surface area contributed by atoms with E-state index >= 15 is 0 Å². The van der Waals surface area contributed by atoms with Crippen LogP contribution in [0.25, 0.3) is 0 Å². The molecule has 0 saturated heterocycles. The fourth-order valence-electron chi connectivity index (χ4n) is 1.78. The minimum absolute atomic E-state index is 0.0445. The van der Waals surface area contributed by atoms with E-state index in [-0.39, 0.29) is 10.6 Å². The van der Waals surface area contributed by atoms with Crippen molar-refractivity contribution in [3.05, 3.63) is 29.3 Å². The predicted octanol–water partition coefficient (Wildman–Crippen LogP) is 3.22. The van der Waals surface area contributed by atoms with Crippen LogP contribution in [0.3, 0.4) is 0 Å². The van der Waals surface area contributed by atoms with E-state index in [1.54, 1.807) is 6.07 Å². The molecule has 7 heteroatoms. The molecular weight excluding hydrogens is 303 g/mol. The van der Waals surface area contributed by atoms with Gasteiger partial charge in [0.1, 0.15) is 0 Å². The van der Waals surface area contributed by atoms with Crippen molar-refractivity contribution in [3.63, 3.8) is 0 Å². The van der Waals surface area contributed by atoms with Crippen LogP contribution in [0.1, 0.15) is 24.0 Å². The van der Waals surface area contributed by atoms with Gasteiger partial charge in [0.15, 0.2) is 0 Å². The largest absolute Gasteiger partial charge is 0.468 e. The second kappa shape index (κ2) is 6.70. The van der Waals surface area contributed by atoms with Crippen molar-refractivity contribution in [1.82, 2.24) is 5.32 Å². The Morgan fingerprint density at radius 3 is 2.71 bits per heavy atom. The Kier molecular flexibility index (Phi) is 5.16. The molecule has 1 aromatic rings. The minimum atomic E-state index is -4.44. The van der Waals surface area contributed by atoms with Crippen LogP contribution in [0.2, 0.25) is 0 Å². The zero-order valence-electron chi connectivity index (χ0n) is 11.5. The van der Waals surface area contributed by atoms with Gasteiger partial charge in [-0.05, 0) is 30.5 Å². The highest BCUT2D eigenvalue weighted by atomic mass is 32.2. The first-order valence-corrected chi connectivity index (χ1v) is 7.52. The fraction of sp³-hybridized carbons (Fsp3) is 0.500. The number of carbonyl (C=O) groups excluding carboxylic acids is 1. The van der Waals surface area contributed by atoms with Crippen molar-refractivity contribution < 1.29 is 22.7 Å². The normalized spacial score (nSPS) is 15.0. The van der Waals surface area contributed by atoms with Gasteiger partial charge in [0.2, 0.25) is 0 Å². The van der Waals surface area contributed by atoms with Gasteiger partial charge < -0.3 is 10.1 Å². The van der Waals surface area contributed by atoms with Crippen LogP contribution in [0, 0.1) is 0 Å². The van der Waals surface area contributed by atoms with E-state index < -0.39 is 17.7 Å². The standard InChI is InChI=1S/C14H16F3NO2S/c1-20-13(19)8-21-12-5-2-9(7-18-10-3-4-10)6-11(12)14(15,16)17/h2,5-6,10,18H,3-4,7-8H2,1H3. The SMILES string of the molecule is COC(=O)CSc1ccc(CNC2CC2)cc1C(F)(F)F. The van der Waals surface area contributed by atoms with E-state index in [0.29, 0.717) is 18.2 Å². The molecule has 1 saturated carbocycles. The van der Waals surface area contributed by atoms with Crippen molar-refractivity contribution in [3.8, 4) is 0 Å². The lowest BCUT2D eigenvalue weighted by Crippen LogP contribution is -2.16. The molecule has 116 valence electrons. The first kappa shape index (κ1) is 16.2. The molecule has 1 aromatic carbocycles. The number of hydrogen-bond acceptors (Lipinski definition) is 4. The zero-order chi connectivity index (χ0) is 15.5. The molecule has 0 unspecified atom stereocenters. The van der Waals surface area contributed by atoms with Gasteiger partial charge in [0, 0.05) is 17.5 Å². The lowest BCUT2D eigenvalue weighted by Gasteiger charge is -2.14. The zero-order valence-corrected chi connectivity index (χ0v) is 12.3. The van der Waals surface area contributed by atoms with Gasteiger partial charge in [0.25, 0.3) is 0 Å². The van der Waals surface area contributed by atoms with Crippen LogP contribution in [-0.4, -0.2) is 24.9 Å². The number of methoxy groups -OCH3 is 1. The van der Waals surface area contributed by atoms with Gasteiger partial charge in [-0.15, -0.1) is 11.8 Å². The van der Waals surface area contributed by atoms with Crippen LogP contribution in [0.4, 0.5) is 13.2 Å². The average Bonchev–Trinajstić information content (AvgIpc) is 3.26. The molecule has 1 N–H and O–H groups in total. The number of rotatable bonds is 6. The first-order chi connectivity index (χ1) is 9.90. The summed E-state index contributed by atoms with van der Waals surface area (Å²) in [5.74, 6) is -0.688. The number of hydrogen-bond donors (Lipinski definition) is 1. The summed E-state index contributed by atoms with van der Waals surface area (Å²) in [6, 6.07) is 4.66. The monoisotopic (exact) mass is 319 g/mol. The number of carbonyl (C=O) groups is 1. The summed E-state index contributed by atoms with van der Waals surface area (Å²) in [6.45, 7) is 0.426. The maximum atomic E-state index is 13.1. The van der Waals surface area contributed by atoms with Gasteiger partial charge in [-0.2, -0.15) is 13.2 Å². The number of alkyl halides is 3. The molecular formula is C14H16F3NO2S. The molecule has 0 aliphatic heterocycles. The highest BCUT2D eigenvalue weighted by Crippen LogP contribution is 2.37. The van der Waals surface area contributed by atoms with E-state index in [4.69, 9.17) is 0 Å². The number of halogens is 3. The molecule has 1 aliphatic rings. The first-order valence-electron chi connectivity index (χ1n) is 6.53. The molecule has 1 aliphatic carbocycles. The quantitative estimate of drug-likeness (QED) is 0.645. The van der Waals surface area contributed by atoms with Crippen molar-refractivity contribution in [2.75, 3.05) is 12.9 Å². The minimum Gasteiger partial charge on any atom is -0.468 e. The molecule has 2 rings (SSSR count). The van der Waals surface area contributed by atoms with E-state index in [1.165, 1.54) is 13.2 Å². The van der Waals surface area contributed by atoms with Gasteiger partial charge in [-0.3, -0.25) is 4.79 Å². The Morgan fingerprint density at radius 1 is 1.43 bits per heavy atom. The van der Waals surface area contributed by atoms with E-state index in [9.17, 15) is 18.0 Å². The Morgan fingerprint density at radius 2 is 2.14 bits per heavy atom. The fourth-order valence-corrected chi connectivity index (χ4v) is 2.67. The lowest BCUT2D eigenvalue weighted by molar-refractivity contribution is -0.140. The summed E-state index contributed by atoms with van der Waals surface area (Å²) in [6.07, 6.45) is -2.27. The molecule has 0 radical (unpaired) electrons. The second-order valence-corrected chi connectivity index (χ2v) is 5.87. The van der Waals surface area contributed by atoms with Crippen molar-refractivity contribution in [2.45, 2.75) is 36.5 Å². The number of benzene rings is 1. The lowest BCUT2D eigenvalue weighted by atomic mass is 10.1. The summed E-state index contributed by atoms with van der Waals surface area (Å²) in [5, 5.41) is 3.18. The molecule has 3 nitrogen and oxygen atoms in total. The van der Waals surface area contributed by atoms with Gasteiger partial charge in [-0.25, -0.2) is 0 Å².